The van der Waals surface area contributed by atoms with Crippen molar-refractivity contribution in [2.45, 2.75) is 19.5 Å². The summed E-state index contributed by atoms with van der Waals surface area (Å²) in [5.74, 6) is -0.580. The molecule has 0 bridgehead atoms. The first kappa shape index (κ1) is 17.1. The maximum Gasteiger partial charge on any atom is 0.251 e. The summed E-state index contributed by atoms with van der Waals surface area (Å²) in [5.41, 5.74) is 2.80. The molecule has 0 spiro atoms. The number of thiocarbonyl (C=S) groups is 1. The molecule has 2 aromatic rings. The second-order valence-electron chi connectivity index (χ2n) is 5.79. The van der Waals surface area contributed by atoms with E-state index in [2.05, 4.69) is 16.0 Å². The van der Waals surface area contributed by atoms with Crippen molar-refractivity contribution in [2.75, 3.05) is 0 Å². The Bertz CT molecular complexity index is 836. The number of nitrogens with one attached hydrogen (secondary N) is 3. The van der Waals surface area contributed by atoms with E-state index in [1.807, 2.05) is 30.3 Å². The molecule has 3 rings (SSSR count). The lowest BCUT2D eigenvalue weighted by molar-refractivity contribution is -0.118. The van der Waals surface area contributed by atoms with Gasteiger partial charge in [-0.05, 0) is 42.4 Å². The van der Waals surface area contributed by atoms with Crippen LogP contribution >= 0.6 is 12.2 Å². The largest absolute Gasteiger partial charge is 0.351 e. The zero-order valence-electron chi connectivity index (χ0n) is 13.7. The van der Waals surface area contributed by atoms with Crippen LogP contribution in [0.1, 0.15) is 24.1 Å². The van der Waals surface area contributed by atoms with Crippen molar-refractivity contribution in [3.8, 4) is 0 Å². The van der Waals surface area contributed by atoms with Crippen LogP contribution in [0.25, 0.3) is 0 Å². The molecule has 2 aromatic carbocycles. The van der Waals surface area contributed by atoms with E-state index in [0.717, 1.165) is 5.56 Å². The van der Waals surface area contributed by atoms with Crippen molar-refractivity contribution in [1.82, 2.24) is 16.0 Å². The van der Waals surface area contributed by atoms with E-state index in [0.29, 0.717) is 28.5 Å². The Labute approximate surface area is 151 Å². The number of hydrogen-bond donors (Lipinski definition) is 3. The summed E-state index contributed by atoms with van der Waals surface area (Å²) >= 11 is 5.19. The maximum atomic E-state index is 13.6. The second-order valence-corrected chi connectivity index (χ2v) is 6.20. The van der Waals surface area contributed by atoms with Crippen LogP contribution < -0.4 is 16.0 Å². The molecule has 128 valence electrons. The highest BCUT2D eigenvalue weighted by Crippen LogP contribution is 2.27. The first-order chi connectivity index (χ1) is 12.0. The van der Waals surface area contributed by atoms with Crippen molar-refractivity contribution < 1.29 is 9.18 Å². The summed E-state index contributed by atoms with van der Waals surface area (Å²) in [5, 5.41) is 9.35. The predicted molar refractivity (Wildman–Crippen MR) is 99.0 cm³/mol. The summed E-state index contributed by atoms with van der Waals surface area (Å²) in [6, 6.07) is 15.3. The summed E-state index contributed by atoms with van der Waals surface area (Å²) in [6.45, 7) is 2.20. The number of carbonyl (C=O) groups excluding carboxylic acids is 1. The highest BCUT2D eigenvalue weighted by Gasteiger charge is 2.29. The molecule has 25 heavy (non-hydrogen) atoms. The Kier molecular flexibility index (Phi) is 5.09. The Balaban J connectivity index is 1.85. The van der Waals surface area contributed by atoms with E-state index in [1.165, 1.54) is 12.1 Å². The lowest BCUT2D eigenvalue weighted by atomic mass is 9.95. The smallest absolute Gasteiger partial charge is 0.251 e. The zero-order chi connectivity index (χ0) is 17.8. The van der Waals surface area contributed by atoms with Gasteiger partial charge in [-0.15, -0.1) is 0 Å². The Morgan fingerprint density at radius 1 is 1.20 bits per heavy atom. The minimum Gasteiger partial charge on any atom is -0.351 e. The van der Waals surface area contributed by atoms with E-state index in [9.17, 15) is 9.18 Å². The van der Waals surface area contributed by atoms with Gasteiger partial charge in [0.1, 0.15) is 5.82 Å². The van der Waals surface area contributed by atoms with E-state index < -0.39 is 6.04 Å². The molecule has 0 saturated heterocycles. The molecule has 1 aliphatic rings. The van der Waals surface area contributed by atoms with Gasteiger partial charge in [-0.25, -0.2) is 4.39 Å². The van der Waals surface area contributed by atoms with Crippen LogP contribution in [0, 0.1) is 5.82 Å². The SMILES string of the molecule is CC1=C(C(=O)NCc2ccccc2)[C@@H](c2cccc(F)c2)NC(=S)N1. The van der Waals surface area contributed by atoms with Gasteiger partial charge in [0.25, 0.3) is 5.91 Å². The molecule has 0 unspecified atom stereocenters. The Morgan fingerprint density at radius 2 is 1.96 bits per heavy atom. The number of carbonyl (C=O) groups is 1. The predicted octanol–water partition coefficient (Wildman–Crippen LogP) is 2.93. The molecule has 0 aromatic heterocycles. The van der Waals surface area contributed by atoms with Crippen molar-refractivity contribution in [3.63, 3.8) is 0 Å². The van der Waals surface area contributed by atoms with E-state index >= 15 is 0 Å². The summed E-state index contributed by atoms with van der Waals surface area (Å²) < 4.78 is 13.6. The van der Waals surface area contributed by atoms with Gasteiger partial charge in [0.2, 0.25) is 0 Å². The molecule has 3 N–H and O–H groups in total. The summed E-state index contributed by atoms with van der Waals surface area (Å²) in [7, 11) is 0. The van der Waals surface area contributed by atoms with Gasteiger partial charge in [-0.1, -0.05) is 42.5 Å². The molecule has 0 radical (unpaired) electrons. The highest BCUT2D eigenvalue weighted by atomic mass is 32.1. The van der Waals surface area contributed by atoms with Crippen LogP contribution in [0.4, 0.5) is 4.39 Å². The number of benzene rings is 2. The molecule has 1 heterocycles. The number of hydrogen-bond acceptors (Lipinski definition) is 2. The van der Waals surface area contributed by atoms with Gasteiger partial charge in [0.05, 0.1) is 11.6 Å². The van der Waals surface area contributed by atoms with Gasteiger partial charge in [-0.3, -0.25) is 4.79 Å². The third-order valence-electron chi connectivity index (χ3n) is 3.99. The molecule has 0 saturated carbocycles. The molecule has 1 amide bonds. The quantitative estimate of drug-likeness (QED) is 0.738. The minimum atomic E-state index is -0.500. The van der Waals surface area contributed by atoms with E-state index in [-0.39, 0.29) is 11.7 Å². The van der Waals surface area contributed by atoms with Crippen molar-refractivity contribution >= 4 is 23.2 Å². The summed E-state index contributed by atoms with van der Waals surface area (Å²) in [6.07, 6.45) is 0. The third kappa shape index (κ3) is 4.03. The van der Waals surface area contributed by atoms with Crippen LogP contribution in [0.3, 0.4) is 0 Å². The zero-order valence-corrected chi connectivity index (χ0v) is 14.5. The first-order valence-corrected chi connectivity index (χ1v) is 8.31. The topological polar surface area (TPSA) is 53.2 Å². The molecule has 0 fully saturated rings. The van der Waals surface area contributed by atoms with Crippen LogP contribution in [0.2, 0.25) is 0 Å². The van der Waals surface area contributed by atoms with Crippen molar-refractivity contribution in [2.24, 2.45) is 0 Å². The molecular formula is C19H18FN3OS. The molecule has 0 aliphatic carbocycles. The van der Waals surface area contributed by atoms with Gasteiger partial charge in [0, 0.05) is 12.2 Å². The number of halogens is 1. The molecular weight excluding hydrogens is 337 g/mol. The monoisotopic (exact) mass is 355 g/mol. The van der Waals surface area contributed by atoms with Crippen LogP contribution in [0.15, 0.2) is 65.9 Å². The van der Waals surface area contributed by atoms with Crippen LogP contribution in [-0.4, -0.2) is 11.0 Å². The highest BCUT2D eigenvalue weighted by molar-refractivity contribution is 7.80. The average Bonchev–Trinajstić information content (AvgIpc) is 2.60. The average molecular weight is 355 g/mol. The van der Waals surface area contributed by atoms with Gasteiger partial charge in [0.15, 0.2) is 5.11 Å². The standard InChI is InChI=1S/C19H18FN3OS/c1-12-16(18(24)21-11-13-6-3-2-4-7-13)17(23-19(25)22-12)14-8-5-9-15(20)10-14/h2-10,17H,11H2,1H3,(H,21,24)(H2,22,23,25)/t17-/m1/s1. The molecule has 4 nitrogen and oxygen atoms in total. The lowest BCUT2D eigenvalue weighted by Gasteiger charge is -2.30. The van der Waals surface area contributed by atoms with Crippen molar-refractivity contribution in [3.05, 3.63) is 82.8 Å². The van der Waals surface area contributed by atoms with E-state index in [1.54, 1.807) is 19.1 Å². The molecule has 6 heteroatoms. The third-order valence-corrected chi connectivity index (χ3v) is 4.21. The van der Waals surface area contributed by atoms with Crippen LogP contribution in [-0.2, 0) is 11.3 Å². The van der Waals surface area contributed by atoms with Gasteiger partial charge < -0.3 is 16.0 Å². The lowest BCUT2D eigenvalue weighted by Crippen LogP contribution is -2.46. The van der Waals surface area contributed by atoms with Crippen LogP contribution in [0.5, 0.6) is 0 Å². The fourth-order valence-corrected chi connectivity index (χ4v) is 3.08. The minimum absolute atomic E-state index is 0.224. The fraction of sp³-hybridized carbons (Fsp3) is 0.158. The second kappa shape index (κ2) is 7.44. The molecule has 1 atom stereocenters. The van der Waals surface area contributed by atoms with E-state index in [4.69, 9.17) is 12.2 Å². The normalized spacial score (nSPS) is 16.9. The van der Waals surface area contributed by atoms with Crippen molar-refractivity contribution in [1.29, 1.82) is 0 Å². The fourth-order valence-electron chi connectivity index (χ4n) is 2.80. The maximum absolute atomic E-state index is 13.6. The Morgan fingerprint density at radius 3 is 2.68 bits per heavy atom. The Hall–Kier alpha value is -2.73. The van der Waals surface area contributed by atoms with Gasteiger partial charge in [-0.2, -0.15) is 0 Å². The number of amides is 1. The summed E-state index contributed by atoms with van der Waals surface area (Å²) in [4.78, 5) is 12.8. The number of rotatable bonds is 4. The van der Waals surface area contributed by atoms with Gasteiger partial charge >= 0.3 is 0 Å². The molecule has 1 aliphatic heterocycles. The number of allylic oxidation sites excluding steroid dienone is 1. The first-order valence-electron chi connectivity index (χ1n) is 7.90.